The highest BCUT2D eigenvalue weighted by atomic mass is 35.5. The fourth-order valence-electron chi connectivity index (χ4n) is 2.89. The summed E-state index contributed by atoms with van der Waals surface area (Å²) in [6, 6.07) is -0.0586. The Morgan fingerprint density at radius 3 is 2.30 bits per heavy atom. The zero-order chi connectivity index (χ0) is 17.6. The van der Waals surface area contributed by atoms with Crippen LogP contribution >= 0.6 is 11.6 Å². The van der Waals surface area contributed by atoms with E-state index in [-0.39, 0.29) is 24.0 Å². The number of ether oxygens (including phenoxy) is 2. The number of esters is 1. The van der Waals surface area contributed by atoms with Crippen molar-refractivity contribution in [3.63, 3.8) is 0 Å². The zero-order valence-corrected chi connectivity index (χ0v) is 15.6. The summed E-state index contributed by atoms with van der Waals surface area (Å²) in [5.74, 6) is -0.731. The van der Waals surface area contributed by atoms with Crippen LogP contribution in [0.25, 0.3) is 0 Å². The fraction of sp³-hybridized carbons (Fsp3) is 0.875. The lowest BCUT2D eigenvalue weighted by Crippen LogP contribution is -2.55. The molecule has 0 aromatic carbocycles. The van der Waals surface area contributed by atoms with E-state index in [4.69, 9.17) is 21.1 Å². The minimum atomic E-state index is -0.564. The lowest BCUT2D eigenvalue weighted by Gasteiger charge is -2.41. The monoisotopic (exact) mass is 348 g/mol. The quantitative estimate of drug-likeness (QED) is 0.564. The second-order valence-corrected chi connectivity index (χ2v) is 6.98. The number of piperidine rings is 1. The number of nitrogens with zero attached hydrogens (tertiary/aromatic N) is 2. The molecule has 0 aromatic rings. The maximum Gasteiger partial charge on any atom is 0.410 e. The number of hydrogen-bond donors (Lipinski definition) is 0. The van der Waals surface area contributed by atoms with E-state index in [1.54, 1.807) is 4.90 Å². The average molecular weight is 349 g/mol. The van der Waals surface area contributed by atoms with E-state index >= 15 is 0 Å². The predicted molar refractivity (Wildman–Crippen MR) is 89.4 cm³/mol. The van der Waals surface area contributed by atoms with Crippen LogP contribution < -0.4 is 0 Å². The summed E-state index contributed by atoms with van der Waals surface area (Å²) in [4.78, 5) is 28.3. The summed E-state index contributed by atoms with van der Waals surface area (Å²) in [7, 11) is 0. The van der Waals surface area contributed by atoms with Crippen LogP contribution in [0.4, 0.5) is 4.79 Å². The van der Waals surface area contributed by atoms with E-state index in [9.17, 15) is 9.59 Å². The first kappa shape index (κ1) is 20.0. The van der Waals surface area contributed by atoms with E-state index < -0.39 is 11.7 Å². The third kappa shape index (κ3) is 6.18. The summed E-state index contributed by atoms with van der Waals surface area (Å²) in [6.45, 7) is 12.2. The molecule has 2 atom stereocenters. The molecule has 1 aliphatic rings. The molecule has 1 fully saturated rings. The lowest BCUT2D eigenvalue weighted by molar-refractivity contribution is -0.149. The van der Waals surface area contributed by atoms with Crippen molar-refractivity contribution >= 4 is 23.7 Å². The van der Waals surface area contributed by atoms with Crippen LogP contribution in [0.5, 0.6) is 0 Å². The average Bonchev–Trinajstić information content (AvgIpc) is 2.46. The summed E-state index contributed by atoms with van der Waals surface area (Å²) < 4.78 is 10.4. The number of amides is 1. The molecule has 0 saturated carbocycles. The van der Waals surface area contributed by atoms with Gasteiger partial charge in [-0.25, -0.2) is 4.79 Å². The van der Waals surface area contributed by atoms with Gasteiger partial charge >= 0.3 is 12.1 Å². The van der Waals surface area contributed by atoms with Gasteiger partial charge in [0, 0.05) is 19.1 Å². The Balaban J connectivity index is 2.88. The van der Waals surface area contributed by atoms with Gasteiger partial charge in [0.05, 0.1) is 5.92 Å². The number of alkyl halides is 1. The van der Waals surface area contributed by atoms with Crippen molar-refractivity contribution in [1.82, 2.24) is 9.80 Å². The highest BCUT2D eigenvalue weighted by molar-refractivity contribution is 6.17. The number of likely N-dealkylation sites (N-methyl/N-ethyl adjacent to an activating group) is 1. The molecule has 0 spiro atoms. The largest absolute Gasteiger partial charge is 0.449 e. The van der Waals surface area contributed by atoms with Gasteiger partial charge in [-0.1, -0.05) is 25.4 Å². The third-order valence-electron chi connectivity index (χ3n) is 3.94. The van der Waals surface area contributed by atoms with Crippen LogP contribution in [0.15, 0.2) is 0 Å². The van der Waals surface area contributed by atoms with Crippen molar-refractivity contribution in [2.45, 2.75) is 52.7 Å². The number of carbonyl (C=O) groups excluding carboxylic acids is 2. The van der Waals surface area contributed by atoms with Crippen LogP contribution in [0.2, 0.25) is 0 Å². The molecule has 1 rings (SSSR count). The van der Waals surface area contributed by atoms with Gasteiger partial charge in [-0.05, 0) is 40.3 Å². The van der Waals surface area contributed by atoms with Crippen LogP contribution in [0.1, 0.15) is 41.0 Å². The second kappa shape index (κ2) is 8.73. The molecular formula is C16H29ClN2O4. The molecule has 0 aliphatic carbocycles. The molecule has 6 nitrogen and oxygen atoms in total. The molecule has 7 heteroatoms. The molecule has 1 aliphatic heterocycles. The Bertz CT molecular complexity index is 407. The molecular weight excluding hydrogens is 320 g/mol. The third-order valence-corrected chi connectivity index (χ3v) is 4.05. The minimum absolute atomic E-state index is 0.110. The van der Waals surface area contributed by atoms with Crippen LogP contribution in [-0.2, 0) is 14.3 Å². The standard InChI is InChI=1S/C16H29ClN2O4/c1-6-18(7-2)13-8-12(14(20)22-11-17)9-19(10-13)15(21)23-16(3,4)5/h12-13H,6-11H2,1-5H3. The van der Waals surface area contributed by atoms with E-state index in [0.717, 1.165) is 13.1 Å². The molecule has 0 aromatic heterocycles. The van der Waals surface area contributed by atoms with Crippen LogP contribution in [-0.4, -0.2) is 65.8 Å². The first-order valence-corrected chi connectivity index (χ1v) is 8.69. The first-order chi connectivity index (χ1) is 10.7. The number of rotatable bonds is 5. The normalized spacial score (nSPS) is 22.1. The summed E-state index contributed by atoms with van der Waals surface area (Å²) in [5, 5.41) is 0. The van der Waals surface area contributed by atoms with E-state index in [2.05, 4.69) is 18.7 Å². The van der Waals surface area contributed by atoms with Crippen molar-refractivity contribution < 1.29 is 19.1 Å². The van der Waals surface area contributed by atoms with E-state index in [1.165, 1.54) is 0 Å². The van der Waals surface area contributed by atoms with Crippen molar-refractivity contribution in [2.24, 2.45) is 5.92 Å². The first-order valence-electron chi connectivity index (χ1n) is 8.16. The molecule has 1 saturated heterocycles. The molecule has 23 heavy (non-hydrogen) atoms. The Labute approximate surface area is 144 Å². The zero-order valence-electron chi connectivity index (χ0n) is 14.8. The topological polar surface area (TPSA) is 59.1 Å². The highest BCUT2D eigenvalue weighted by Crippen LogP contribution is 2.24. The van der Waals surface area contributed by atoms with Gasteiger partial charge in [-0.15, -0.1) is 0 Å². The molecule has 0 bridgehead atoms. The highest BCUT2D eigenvalue weighted by Gasteiger charge is 2.38. The molecule has 0 radical (unpaired) electrons. The molecule has 0 N–H and O–H groups in total. The Kier molecular flexibility index (Phi) is 7.61. The summed E-state index contributed by atoms with van der Waals surface area (Å²) in [5.41, 5.74) is -0.564. The predicted octanol–water partition coefficient (Wildman–Crippen LogP) is 2.69. The van der Waals surface area contributed by atoms with Crippen molar-refractivity contribution in [1.29, 1.82) is 0 Å². The molecule has 1 heterocycles. The van der Waals surface area contributed by atoms with Gasteiger partial charge in [0.15, 0.2) is 6.07 Å². The lowest BCUT2D eigenvalue weighted by atomic mass is 9.93. The van der Waals surface area contributed by atoms with Gasteiger partial charge in [-0.3, -0.25) is 9.69 Å². The molecule has 1 amide bonds. The Hall–Kier alpha value is -1.01. The SMILES string of the molecule is CCN(CC)C1CC(C(=O)OCCl)CN(C(=O)OC(C)(C)C)C1. The van der Waals surface area contributed by atoms with Gasteiger partial charge < -0.3 is 14.4 Å². The molecule has 2 unspecified atom stereocenters. The van der Waals surface area contributed by atoms with E-state index in [1.807, 2.05) is 20.8 Å². The smallest absolute Gasteiger partial charge is 0.410 e. The Morgan fingerprint density at radius 2 is 1.83 bits per heavy atom. The van der Waals surface area contributed by atoms with Gasteiger partial charge in [0.2, 0.25) is 0 Å². The number of carbonyl (C=O) groups is 2. The summed E-state index contributed by atoms with van der Waals surface area (Å²) in [6.07, 6.45) is 0.273. The number of hydrogen-bond acceptors (Lipinski definition) is 5. The maximum atomic E-state index is 12.4. The van der Waals surface area contributed by atoms with Crippen LogP contribution in [0.3, 0.4) is 0 Å². The van der Waals surface area contributed by atoms with Gasteiger partial charge in [0.1, 0.15) is 5.60 Å². The second-order valence-electron chi connectivity index (χ2n) is 6.77. The van der Waals surface area contributed by atoms with Crippen molar-refractivity contribution in [3.8, 4) is 0 Å². The number of likely N-dealkylation sites (tertiary alicyclic amines) is 1. The minimum Gasteiger partial charge on any atom is -0.449 e. The maximum absolute atomic E-state index is 12.4. The van der Waals surface area contributed by atoms with Gasteiger partial charge in [-0.2, -0.15) is 0 Å². The fourth-order valence-corrected chi connectivity index (χ4v) is 3.00. The summed E-state index contributed by atoms with van der Waals surface area (Å²) >= 11 is 5.50. The Morgan fingerprint density at radius 1 is 1.22 bits per heavy atom. The molecule has 134 valence electrons. The van der Waals surface area contributed by atoms with Gasteiger partial charge in [0.25, 0.3) is 0 Å². The number of halogens is 1. The van der Waals surface area contributed by atoms with E-state index in [0.29, 0.717) is 19.5 Å². The van der Waals surface area contributed by atoms with Crippen LogP contribution in [0, 0.1) is 5.92 Å². The van der Waals surface area contributed by atoms with Crippen molar-refractivity contribution in [2.75, 3.05) is 32.2 Å². The van der Waals surface area contributed by atoms with Crippen molar-refractivity contribution in [3.05, 3.63) is 0 Å².